The Morgan fingerprint density at radius 1 is 1.64 bits per heavy atom. The van der Waals surface area contributed by atoms with Crippen molar-refractivity contribution in [1.29, 1.82) is 0 Å². The molecule has 1 rings (SSSR count). The van der Waals surface area contributed by atoms with Crippen molar-refractivity contribution < 1.29 is 9.90 Å². The van der Waals surface area contributed by atoms with E-state index >= 15 is 0 Å². The SMILES string of the molecule is CSc1nc(C(=O)O)c(CC(C)C)s1. The largest absolute Gasteiger partial charge is 0.476 e. The predicted molar refractivity (Wildman–Crippen MR) is 59.4 cm³/mol. The molecule has 1 heterocycles. The molecule has 0 saturated carbocycles. The second-order valence-corrected chi connectivity index (χ2v) is 5.50. The van der Waals surface area contributed by atoms with Gasteiger partial charge in [0.1, 0.15) is 0 Å². The number of aromatic nitrogens is 1. The summed E-state index contributed by atoms with van der Waals surface area (Å²) in [4.78, 5) is 15.8. The summed E-state index contributed by atoms with van der Waals surface area (Å²) in [5, 5.41) is 8.92. The van der Waals surface area contributed by atoms with Gasteiger partial charge in [-0.3, -0.25) is 0 Å². The van der Waals surface area contributed by atoms with Crippen LogP contribution in [-0.4, -0.2) is 22.3 Å². The molecule has 0 atom stereocenters. The van der Waals surface area contributed by atoms with Gasteiger partial charge in [-0.2, -0.15) is 0 Å². The molecule has 1 N–H and O–H groups in total. The fourth-order valence-corrected chi connectivity index (χ4v) is 2.91. The van der Waals surface area contributed by atoms with E-state index in [0.29, 0.717) is 5.92 Å². The Hall–Kier alpha value is -0.550. The van der Waals surface area contributed by atoms with Gasteiger partial charge < -0.3 is 5.11 Å². The first-order chi connectivity index (χ1) is 6.54. The first-order valence-corrected chi connectivity index (χ1v) is 6.35. The van der Waals surface area contributed by atoms with Crippen molar-refractivity contribution in [2.24, 2.45) is 5.92 Å². The maximum absolute atomic E-state index is 10.9. The van der Waals surface area contributed by atoms with Crippen molar-refractivity contribution in [2.75, 3.05) is 6.26 Å². The fourth-order valence-electron chi connectivity index (χ4n) is 1.09. The van der Waals surface area contributed by atoms with Gasteiger partial charge in [-0.1, -0.05) is 25.6 Å². The topological polar surface area (TPSA) is 50.2 Å². The normalized spacial score (nSPS) is 10.9. The van der Waals surface area contributed by atoms with Gasteiger partial charge in [0.2, 0.25) is 0 Å². The van der Waals surface area contributed by atoms with Gasteiger partial charge in [0, 0.05) is 4.88 Å². The number of carboxylic acids is 1. The lowest BCUT2D eigenvalue weighted by Gasteiger charge is -2.01. The zero-order valence-corrected chi connectivity index (χ0v) is 10.0. The molecule has 3 nitrogen and oxygen atoms in total. The average molecular weight is 231 g/mol. The van der Waals surface area contributed by atoms with Crippen LogP contribution in [0.15, 0.2) is 4.34 Å². The third kappa shape index (κ3) is 2.72. The lowest BCUT2D eigenvalue weighted by molar-refractivity contribution is 0.0689. The first kappa shape index (κ1) is 11.5. The summed E-state index contributed by atoms with van der Waals surface area (Å²) in [5.74, 6) is -0.458. The first-order valence-electron chi connectivity index (χ1n) is 4.31. The molecule has 0 fully saturated rings. The van der Waals surface area contributed by atoms with Crippen molar-refractivity contribution in [1.82, 2.24) is 4.98 Å². The minimum Gasteiger partial charge on any atom is -0.476 e. The van der Waals surface area contributed by atoms with Crippen LogP contribution in [0.4, 0.5) is 0 Å². The van der Waals surface area contributed by atoms with E-state index in [-0.39, 0.29) is 5.69 Å². The standard InChI is InChI=1S/C9H13NO2S2/c1-5(2)4-6-7(8(11)12)10-9(13-3)14-6/h5H,4H2,1-3H3,(H,11,12). The molecule has 0 saturated heterocycles. The summed E-state index contributed by atoms with van der Waals surface area (Å²) in [6.07, 6.45) is 2.70. The molecule has 1 aromatic heterocycles. The van der Waals surface area contributed by atoms with Gasteiger partial charge in [-0.25, -0.2) is 9.78 Å². The van der Waals surface area contributed by atoms with E-state index < -0.39 is 5.97 Å². The molecule has 14 heavy (non-hydrogen) atoms. The molecule has 0 unspecified atom stereocenters. The van der Waals surface area contributed by atoms with Crippen molar-refractivity contribution in [2.45, 2.75) is 24.6 Å². The number of thioether (sulfide) groups is 1. The van der Waals surface area contributed by atoms with Gasteiger partial charge in [0.05, 0.1) is 0 Å². The second-order valence-electron chi connectivity index (χ2n) is 3.36. The van der Waals surface area contributed by atoms with E-state index in [1.807, 2.05) is 6.26 Å². The molecule has 1 aromatic rings. The Bertz CT molecular complexity index is 334. The third-order valence-electron chi connectivity index (χ3n) is 1.65. The van der Waals surface area contributed by atoms with Crippen molar-refractivity contribution in [3.05, 3.63) is 10.6 Å². The van der Waals surface area contributed by atoms with Crippen molar-refractivity contribution in [3.63, 3.8) is 0 Å². The molecule has 5 heteroatoms. The van der Waals surface area contributed by atoms with E-state index in [1.165, 1.54) is 23.1 Å². The van der Waals surface area contributed by atoms with E-state index in [2.05, 4.69) is 18.8 Å². The van der Waals surface area contributed by atoms with Crippen LogP contribution in [-0.2, 0) is 6.42 Å². The van der Waals surface area contributed by atoms with E-state index in [0.717, 1.165) is 15.6 Å². The van der Waals surface area contributed by atoms with Crippen LogP contribution >= 0.6 is 23.1 Å². The number of hydrogen-bond acceptors (Lipinski definition) is 4. The fraction of sp³-hybridized carbons (Fsp3) is 0.556. The monoisotopic (exact) mass is 231 g/mol. The van der Waals surface area contributed by atoms with E-state index in [9.17, 15) is 4.79 Å². The quantitative estimate of drug-likeness (QED) is 0.809. The predicted octanol–water partition coefficient (Wildman–Crippen LogP) is 2.76. The molecular weight excluding hydrogens is 218 g/mol. The van der Waals surface area contributed by atoms with Crippen LogP contribution < -0.4 is 0 Å². The van der Waals surface area contributed by atoms with Gasteiger partial charge in [0.15, 0.2) is 10.0 Å². The number of thiazole rings is 1. The van der Waals surface area contributed by atoms with Crippen LogP contribution in [0.25, 0.3) is 0 Å². The van der Waals surface area contributed by atoms with Crippen molar-refractivity contribution >= 4 is 29.1 Å². The summed E-state index contributed by atoms with van der Waals surface area (Å²) in [6, 6.07) is 0. The smallest absolute Gasteiger partial charge is 0.355 e. The lowest BCUT2D eigenvalue weighted by Crippen LogP contribution is -2.03. The summed E-state index contributed by atoms with van der Waals surface area (Å²) >= 11 is 2.98. The molecule has 78 valence electrons. The molecule has 0 aliphatic heterocycles. The zero-order chi connectivity index (χ0) is 10.7. The Kier molecular flexibility index (Phi) is 3.95. The molecule has 0 aliphatic rings. The second kappa shape index (κ2) is 4.79. The summed E-state index contributed by atoms with van der Waals surface area (Å²) in [5.41, 5.74) is 0.230. The Morgan fingerprint density at radius 2 is 2.29 bits per heavy atom. The molecule has 0 spiro atoms. The van der Waals surface area contributed by atoms with Crippen LogP contribution in [0.2, 0.25) is 0 Å². The van der Waals surface area contributed by atoms with Gasteiger partial charge in [-0.05, 0) is 18.6 Å². The number of hydrogen-bond donors (Lipinski definition) is 1. The summed E-state index contributed by atoms with van der Waals surface area (Å²) < 4.78 is 0.832. The number of rotatable bonds is 4. The highest BCUT2D eigenvalue weighted by Gasteiger charge is 2.17. The Labute approximate surface area is 91.6 Å². The molecule has 0 radical (unpaired) electrons. The van der Waals surface area contributed by atoms with Crippen LogP contribution in [0.1, 0.15) is 29.2 Å². The van der Waals surface area contributed by atoms with Crippen LogP contribution in [0, 0.1) is 5.92 Å². The Balaban J connectivity index is 2.99. The summed E-state index contributed by atoms with van der Waals surface area (Å²) in [6.45, 7) is 4.15. The molecular formula is C9H13NO2S2. The number of carboxylic acid groups (broad SMARTS) is 1. The Morgan fingerprint density at radius 3 is 2.71 bits per heavy atom. The molecule has 0 bridgehead atoms. The van der Waals surface area contributed by atoms with Crippen LogP contribution in [0.3, 0.4) is 0 Å². The van der Waals surface area contributed by atoms with Gasteiger partial charge in [-0.15, -0.1) is 11.3 Å². The highest BCUT2D eigenvalue weighted by molar-refractivity contribution is 8.00. The molecule has 0 aliphatic carbocycles. The van der Waals surface area contributed by atoms with Gasteiger partial charge in [0.25, 0.3) is 0 Å². The molecule has 0 amide bonds. The minimum absolute atomic E-state index is 0.230. The number of carbonyl (C=O) groups is 1. The minimum atomic E-state index is -0.919. The van der Waals surface area contributed by atoms with Crippen LogP contribution in [0.5, 0.6) is 0 Å². The van der Waals surface area contributed by atoms with E-state index in [1.54, 1.807) is 0 Å². The maximum atomic E-state index is 10.9. The third-order valence-corrected chi connectivity index (χ3v) is 3.71. The number of nitrogens with zero attached hydrogens (tertiary/aromatic N) is 1. The average Bonchev–Trinajstić information content (AvgIpc) is 2.46. The zero-order valence-electron chi connectivity index (χ0n) is 8.40. The number of aromatic carboxylic acids is 1. The molecule has 0 aromatic carbocycles. The van der Waals surface area contributed by atoms with Crippen molar-refractivity contribution in [3.8, 4) is 0 Å². The highest BCUT2D eigenvalue weighted by Crippen LogP contribution is 2.27. The summed E-state index contributed by atoms with van der Waals surface area (Å²) in [7, 11) is 0. The van der Waals surface area contributed by atoms with Gasteiger partial charge >= 0.3 is 5.97 Å². The van der Waals surface area contributed by atoms with E-state index in [4.69, 9.17) is 5.11 Å². The highest BCUT2D eigenvalue weighted by atomic mass is 32.2. The maximum Gasteiger partial charge on any atom is 0.355 e. The lowest BCUT2D eigenvalue weighted by atomic mass is 10.1.